The highest BCUT2D eigenvalue weighted by atomic mass is 32.1. The van der Waals surface area contributed by atoms with Gasteiger partial charge in [-0.2, -0.15) is 0 Å². The van der Waals surface area contributed by atoms with Crippen LogP contribution in [0, 0.1) is 0 Å². The maximum atomic E-state index is 11.4. The van der Waals surface area contributed by atoms with Crippen molar-refractivity contribution in [2.45, 2.75) is 13.3 Å². The zero-order valence-electron chi connectivity index (χ0n) is 11.8. The highest BCUT2D eigenvalue weighted by Gasteiger charge is 2.06. The summed E-state index contributed by atoms with van der Waals surface area (Å²) in [5.74, 6) is -0.371. The van der Waals surface area contributed by atoms with Crippen molar-refractivity contribution in [3.8, 4) is 0 Å². The minimum absolute atomic E-state index is 0.371. The second kappa shape index (κ2) is 9.28. The van der Waals surface area contributed by atoms with Gasteiger partial charge in [-0.25, -0.2) is 4.79 Å². The van der Waals surface area contributed by atoms with Crippen molar-refractivity contribution in [1.29, 1.82) is 0 Å². The Morgan fingerprint density at radius 2 is 2.20 bits per heavy atom. The van der Waals surface area contributed by atoms with Crippen LogP contribution in [0.3, 0.4) is 0 Å². The van der Waals surface area contributed by atoms with Gasteiger partial charge < -0.3 is 20.1 Å². The molecule has 0 saturated heterocycles. The number of hydrogen-bond donors (Lipinski definition) is 2. The molecule has 6 heteroatoms. The number of rotatable bonds is 7. The van der Waals surface area contributed by atoms with Gasteiger partial charge in [0.25, 0.3) is 0 Å². The van der Waals surface area contributed by atoms with Crippen LogP contribution in [0.25, 0.3) is 0 Å². The van der Waals surface area contributed by atoms with Gasteiger partial charge in [-0.05, 0) is 43.8 Å². The van der Waals surface area contributed by atoms with E-state index in [2.05, 4.69) is 15.4 Å². The molecule has 0 amide bonds. The molecule has 1 rings (SSSR count). The number of nitrogens with one attached hydrogen (secondary N) is 2. The molecule has 0 fully saturated rings. The number of methoxy groups -OCH3 is 1. The molecular weight excluding hydrogens is 276 g/mol. The number of anilines is 1. The van der Waals surface area contributed by atoms with Crippen LogP contribution in [0.4, 0.5) is 5.69 Å². The summed E-state index contributed by atoms with van der Waals surface area (Å²) in [4.78, 5) is 11.4. The minimum Gasteiger partial charge on any atom is -0.465 e. The number of carbonyl (C=O) groups is 1. The van der Waals surface area contributed by atoms with Gasteiger partial charge in [0, 0.05) is 25.4 Å². The number of esters is 1. The van der Waals surface area contributed by atoms with Gasteiger partial charge in [0.1, 0.15) is 0 Å². The van der Waals surface area contributed by atoms with Crippen LogP contribution in [0.2, 0.25) is 0 Å². The molecule has 0 atom stereocenters. The maximum absolute atomic E-state index is 11.4. The summed E-state index contributed by atoms with van der Waals surface area (Å²) in [7, 11) is 1.35. The van der Waals surface area contributed by atoms with E-state index in [-0.39, 0.29) is 5.97 Å². The Morgan fingerprint density at radius 1 is 1.40 bits per heavy atom. The lowest BCUT2D eigenvalue weighted by Crippen LogP contribution is -2.29. The summed E-state index contributed by atoms with van der Waals surface area (Å²) < 4.78 is 9.90. The first kappa shape index (κ1) is 16.4. The largest absolute Gasteiger partial charge is 0.465 e. The average Bonchev–Trinajstić information content (AvgIpc) is 2.46. The topological polar surface area (TPSA) is 59.6 Å². The Hall–Kier alpha value is -1.66. The quantitative estimate of drug-likeness (QED) is 0.457. The lowest BCUT2D eigenvalue weighted by atomic mass is 10.2. The molecule has 5 nitrogen and oxygen atoms in total. The lowest BCUT2D eigenvalue weighted by Gasteiger charge is -2.11. The SMILES string of the molecule is CCOCCCNC(=S)Nc1cccc(C(=O)OC)c1. The van der Waals surface area contributed by atoms with Crippen molar-refractivity contribution in [2.24, 2.45) is 0 Å². The van der Waals surface area contributed by atoms with Crippen LogP contribution in [0.5, 0.6) is 0 Å². The number of carbonyl (C=O) groups excluding carboxylic acids is 1. The van der Waals surface area contributed by atoms with Crippen LogP contribution in [0.15, 0.2) is 24.3 Å². The monoisotopic (exact) mass is 296 g/mol. The van der Waals surface area contributed by atoms with E-state index in [4.69, 9.17) is 17.0 Å². The molecule has 0 aliphatic rings. The third kappa shape index (κ3) is 5.99. The van der Waals surface area contributed by atoms with E-state index in [0.29, 0.717) is 17.3 Å². The molecule has 0 spiro atoms. The summed E-state index contributed by atoms with van der Waals surface area (Å²) in [5.41, 5.74) is 1.23. The van der Waals surface area contributed by atoms with Crippen LogP contribution < -0.4 is 10.6 Å². The van der Waals surface area contributed by atoms with E-state index >= 15 is 0 Å². The Labute approximate surface area is 124 Å². The summed E-state index contributed by atoms with van der Waals surface area (Å²) in [5, 5.41) is 6.62. The van der Waals surface area contributed by atoms with Crippen LogP contribution in [-0.2, 0) is 9.47 Å². The normalized spacial score (nSPS) is 9.90. The van der Waals surface area contributed by atoms with Gasteiger partial charge in [-0.1, -0.05) is 6.07 Å². The molecular formula is C14H20N2O3S. The fourth-order valence-corrected chi connectivity index (χ4v) is 1.76. The summed E-state index contributed by atoms with van der Waals surface area (Å²) in [6.07, 6.45) is 0.887. The molecule has 0 aliphatic heterocycles. The highest BCUT2D eigenvalue weighted by Crippen LogP contribution is 2.11. The zero-order valence-corrected chi connectivity index (χ0v) is 12.6. The molecule has 0 aromatic heterocycles. The third-order valence-corrected chi connectivity index (χ3v) is 2.74. The molecule has 0 saturated carbocycles. The van der Waals surface area contributed by atoms with E-state index < -0.39 is 0 Å². The second-order valence-electron chi connectivity index (χ2n) is 4.00. The molecule has 20 heavy (non-hydrogen) atoms. The average molecular weight is 296 g/mol. The Bertz CT molecular complexity index is 452. The van der Waals surface area contributed by atoms with Crippen LogP contribution in [0.1, 0.15) is 23.7 Å². The van der Waals surface area contributed by atoms with E-state index in [1.165, 1.54) is 7.11 Å². The van der Waals surface area contributed by atoms with E-state index in [1.54, 1.807) is 18.2 Å². The van der Waals surface area contributed by atoms with Crippen molar-refractivity contribution in [2.75, 3.05) is 32.2 Å². The van der Waals surface area contributed by atoms with E-state index in [9.17, 15) is 4.79 Å². The molecule has 0 unspecified atom stereocenters. The van der Waals surface area contributed by atoms with Gasteiger partial charge >= 0.3 is 5.97 Å². The molecule has 0 radical (unpaired) electrons. The number of benzene rings is 1. The second-order valence-corrected chi connectivity index (χ2v) is 4.41. The predicted molar refractivity (Wildman–Crippen MR) is 83.1 cm³/mol. The van der Waals surface area contributed by atoms with Gasteiger partial charge in [-0.15, -0.1) is 0 Å². The number of ether oxygens (including phenoxy) is 2. The molecule has 0 bridgehead atoms. The van der Waals surface area contributed by atoms with Crippen LogP contribution in [-0.4, -0.2) is 38.0 Å². The summed E-state index contributed by atoms with van der Waals surface area (Å²) in [6.45, 7) is 4.14. The summed E-state index contributed by atoms with van der Waals surface area (Å²) >= 11 is 5.17. The molecule has 0 aliphatic carbocycles. The first-order valence-electron chi connectivity index (χ1n) is 6.48. The first-order valence-corrected chi connectivity index (χ1v) is 6.89. The van der Waals surface area contributed by atoms with Gasteiger partial charge in [0.15, 0.2) is 5.11 Å². The van der Waals surface area contributed by atoms with Crippen molar-refractivity contribution in [3.05, 3.63) is 29.8 Å². The molecule has 1 aromatic rings. The molecule has 2 N–H and O–H groups in total. The Balaban J connectivity index is 2.40. The fraction of sp³-hybridized carbons (Fsp3) is 0.429. The minimum atomic E-state index is -0.371. The van der Waals surface area contributed by atoms with E-state index in [1.807, 2.05) is 13.0 Å². The summed E-state index contributed by atoms with van der Waals surface area (Å²) in [6, 6.07) is 6.99. The van der Waals surface area contributed by atoms with Crippen molar-refractivity contribution < 1.29 is 14.3 Å². The predicted octanol–water partition coefficient (Wildman–Crippen LogP) is 2.19. The Morgan fingerprint density at radius 3 is 2.90 bits per heavy atom. The smallest absolute Gasteiger partial charge is 0.337 e. The van der Waals surface area contributed by atoms with Crippen LogP contribution >= 0.6 is 12.2 Å². The highest BCUT2D eigenvalue weighted by molar-refractivity contribution is 7.80. The number of thiocarbonyl (C=S) groups is 1. The molecule has 110 valence electrons. The van der Waals surface area contributed by atoms with E-state index in [0.717, 1.165) is 25.3 Å². The van der Waals surface area contributed by atoms with Gasteiger partial charge in [0.2, 0.25) is 0 Å². The van der Waals surface area contributed by atoms with Crippen molar-refractivity contribution in [1.82, 2.24) is 5.32 Å². The first-order chi connectivity index (χ1) is 9.67. The van der Waals surface area contributed by atoms with Gasteiger partial charge in [0.05, 0.1) is 12.7 Å². The number of hydrogen-bond acceptors (Lipinski definition) is 4. The van der Waals surface area contributed by atoms with Gasteiger partial charge in [-0.3, -0.25) is 0 Å². The van der Waals surface area contributed by atoms with Crippen molar-refractivity contribution >= 4 is 29.0 Å². The lowest BCUT2D eigenvalue weighted by molar-refractivity contribution is 0.0601. The zero-order chi connectivity index (χ0) is 14.8. The molecule has 1 aromatic carbocycles. The standard InChI is InChI=1S/C14H20N2O3S/c1-3-19-9-5-8-15-14(20)16-12-7-4-6-11(10-12)13(17)18-2/h4,6-7,10H,3,5,8-9H2,1-2H3,(H2,15,16,20). The van der Waals surface area contributed by atoms with Crippen molar-refractivity contribution in [3.63, 3.8) is 0 Å². The Kier molecular flexibility index (Phi) is 7.60. The fourth-order valence-electron chi connectivity index (χ4n) is 1.54. The third-order valence-electron chi connectivity index (χ3n) is 2.50. The molecule has 0 heterocycles. The maximum Gasteiger partial charge on any atom is 0.337 e.